The number of anilines is 1. The Kier molecular flexibility index (Phi) is 9.66. The van der Waals surface area contributed by atoms with Gasteiger partial charge >= 0.3 is 17.9 Å². The zero-order chi connectivity index (χ0) is 34.1. The quantitative estimate of drug-likeness (QED) is 0.391. The Morgan fingerprint density at radius 3 is 2.31 bits per heavy atom. The molecular formula is C37H48N6O6. The molecule has 12 heteroatoms. The van der Waals surface area contributed by atoms with Crippen LogP contribution in [0.3, 0.4) is 0 Å². The van der Waals surface area contributed by atoms with E-state index in [1.807, 2.05) is 47.1 Å². The van der Waals surface area contributed by atoms with E-state index in [4.69, 9.17) is 9.15 Å². The minimum Gasteiger partial charge on any atom is -0.436 e. The van der Waals surface area contributed by atoms with E-state index in [1.54, 1.807) is 11.0 Å². The summed E-state index contributed by atoms with van der Waals surface area (Å²) in [7, 11) is 2.18. The number of piperidine rings is 3. The standard InChI is InChI=1S/C37H48N6O6/c1-24-21-25(22-31-33(24)39-36(46)48-31)23-32(34(44)41-16-9-27(10-17-41)26-7-14-40(2)15-8-26)49-37(47)42-18-12-29(13-19-42)43-20-11-28-5-3-4-6-30(28)38-35(43)45/h3-6,21-22,26-27,29,32H,7-20,23H2,1-2H3,(H,38,45)(H,39,46)/t32-/m1/s1. The van der Waals surface area contributed by atoms with Crippen molar-refractivity contribution in [3.05, 3.63) is 63.6 Å². The van der Waals surface area contributed by atoms with Crippen LogP contribution in [0.25, 0.3) is 11.1 Å². The van der Waals surface area contributed by atoms with Gasteiger partial charge in [0.1, 0.15) is 0 Å². The highest BCUT2D eigenvalue weighted by molar-refractivity contribution is 5.91. The van der Waals surface area contributed by atoms with Gasteiger partial charge in [0.2, 0.25) is 0 Å². The molecule has 0 radical (unpaired) electrons. The molecular weight excluding hydrogens is 624 g/mol. The second-order valence-electron chi connectivity index (χ2n) is 14.4. The summed E-state index contributed by atoms with van der Waals surface area (Å²) in [6.45, 7) is 6.93. The van der Waals surface area contributed by atoms with E-state index < -0.39 is 18.0 Å². The predicted octanol–water partition coefficient (Wildman–Crippen LogP) is 4.61. The first-order chi connectivity index (χ1) is 23.7. The number of urea groups is 1. The van der Waals surface area contributed by atoms with E-state index in [0.717, 1.165) is 54.7 Å². The van der Waals surface area contributed by atoms with E-state index in [0.29, 0.717) is 68.5 Å². The van der Waals surface area contributed by atoms with Crippen LogP contribution < -0.4 is 11.1 Å². The summed E-state index contributed by atoms with van der Waals surface area (Å²) in [4.78, 5) is 63.3. The third-order valence-corrected chi connectivity index (χ3v) is 11.3. The van der Waals surface area contributed by atoms with Crippen LogP contribution >= 0.6 is 0 Å². The van der Waals surface area contributed by atoms with E-state index in [9.17, 15) is 19.2 Å². The summed E-state index contributed by atoms with van der Waals surface area (Å²) in [6, 6.07) is 11.4. The van der Waals surface area contributed by atoms with Crippen molar-refractivity contribution >= 4 is 34.8 Å². The van der Waals surface area contributed by atoms with Gasteiger partial charge in [-0.2, -0.15) is 0 Å². The highest BCUT2D eigenvalue weighted by Gasteiger charge is 2.37. The molecule has 0 unspecified atom stereocenters. The lowest BCUT2D eigenvalue weighted by atomic mass is 9.79. The number of para-hydroxylation sites is 1. The summed E-state index contributed by atoms with van der Waals surface area (Å²) in [5.41, 5.74) is 4.58. The molecule has 1 aromatic heterocycles. The Bertz CT molecular complexity index is 1730. The monoisotopic (exact) mass is 672 g/mol. The largest absolute Gasteiger partial charge is 0.436 e. The van der Waals surface area contributed by atoms with Gasteiger partial charge in [-0.3, -0.25) is 9.78 Å². The fourth-order valence-corrected chi connectivity index (χ4v) is 8.40. The lowest BCUT2D eigenvalue weighted by Gasteiger charge is -2.40. The maximum atomic E-state index is 14.1. The van der Waals surface area contributed by atoms with Gasteiger partial charge in [-0.25, -0.2) is 14.4 Å². The van der Waals surface area contributed by atoms with Gasteiger partial charge in [0.15, 0.2) is 11.7 Å². The number of carbonyl (C=O) groups is 3. The summed E-state index contributed by atoms with van der Waals surface area (Å²) in [5.74, 6) is 0.597. The number of likely N-dealkylation sites (tertiary alicyclic amines) is 3. The number of oxazole rings is 1. The SMILES string of the molecule is Cc1cc(C[C@@H](OC(=O)N2CCC(N3CCc4ccccc4NC3=O)CC2)C(=O)N2CCC(C3CCN(C)CC3)CC2)cc2oc(=O)[nH]c12. The fraction of sp³-hybridized carbons (Fsp3) is 0.568. The van der Waals surface area contributed by atoms with Crippen molar-refractivity contribution in [1.82, 2.24) is 24.6 Å². The molecule has 4 aliphatic rings. The number of hydrogen-bond acceptors (Lipinski definition) is 7. The number of carbonyl (C=O) groups excluding carboxylic acids is 3. The smallest absolute Gasteiger partial charge is 0.417 e. The topological polar surface area (TPSA) is 131 Å². The number of ether oxygens (including phenoxy) is 1. The van der Waals surface area contributed by atoms with Crippen molar-refractivity contribution in [2.75, 3.05) is 58.2 Å². The Balaban J connectivity index is 1.01. The van der Waals surface area contributed by atoms with Crippen molar-refractivity contribution in [3.8, 4) is 0 Å². The van der Waals surface area contributed by atoms with Gasteiger partial charge in [-0.1, -0.05) is 24.3 Å². The van der Waals surface area contributed by atoms with Crippen LogP contribution in [-0.4, -0.2) is 108 Å². The first-order valence-corrected chi connectivity index (χ1v) is 17.9. The summed E-state index contributed by atoms with van der Waals surface area (Å²) in [6.07, 6.45) is 5.02. The number of hydrogen-bond donors (Lipinski definition) is 2. The average molecular weight is 673 g/mol. The number of H-pyrrole nitrogens is 1. The number of aromatic nitrogens is 1. The van der Waals surface area contributed by atoms with Gasteiger partial charge in [-0.15, -0.1) is 0 Å². The molecule has 0 bridgehead atoms. The van der Waals surface area contributed by atoms with Crippen molar-refractivity contribution in [2.45, 2.75) is 70.4 Å². The van der Waals surface area contributed by atoms with Crippen molar-refractivity contribution in [3.63, 3.8) is 0 Å². The van der Waals surface area contributed by atoms with Gasteiger partial charge in [-0.05, 0) is 113 Å². The zero-order valence-electron chi connectivity index (χ0n) is 28.6. The number of aromatic amines is 1. The molecule has 262 valence electrons. The minimum absolute atomic E-state index is 0.00681. The summed E-state index contributed by atoms with van der Waals surface area (Å²) >= 11 is 0. The first-order valence-electron chi connectivity index (χ1n) is 17.9. The summed E-state index contributed by atoms with van der Waals surface area (Å²) < 4.78 is 11.4. The molecule has 4 amide bonds. The van der Waals surface area contributed by atoms with Crippen LogP contribution in [0.15, 0.2) is 45.6 Å². The molecule has 4 aliphatic heterocycles. The van der Waals surface area contributed by atoms with Gasteiger partial charge in [0.05, 0.1) is 5.52 Å². The number of aryl methyl sites for hydroxylation is 1. The Morgan fingerprint density at radius 2 is 1.57 bits per heavy atom. The number of benzene rings is 2. The average Bonchev–Trinajstić information content (AvgIpc) is 3.40. The molecule has 12 nitrogen and oxygen atoms in total. The molecule has 3 saturated heterocycles. The second-order valence-corrected chi connectivity index (χ2v) is 14.4. The van der Waals surface area contributed by atoms with Crippen molar-refractivity contribution in [2.24, 2.45) is 11.8 Å². The molecule has 0 spiro atoms. The number of nitrogens with one attached hydrogen (secondary N) is 2. The third kappa shape index (κ3) is 7.34. The van der Waals surface area contributed by atoms with Gasteiger partial charge < -0.3 is 34.1 Å². The highest BCUT2D eigenvalue weighted by Crippen LogP contribution is 2.33. The lowest BCUT2D eigenvalue weighted by molar-refractivity contribution is -0.142. The summed E-state index contributed by atoms with van der Waals surface area (Å²) in [5, 5.41) is 3.05. The van der Waals surface area contributed by atoms with E-state index in [2.05, 4.69) is 22.2 Å². The van der Waals surface area contributed by atoms with Crippen molar-refractivity contribution in [1.29, 1.82) is 0 Å². The van der Waals surface area contributed by atoms with Crippen LogP contribution in [0.1, 0.15) is 55.2 Å². The second kappa shape index (κ2) is 14.3. The fourth-order valence-electron chi connectivity index (χ4n) is 8.40. The van der Waals surface area contributed by atoms with E-state index in [-0.39, 0.29) is 24.4 Å². The third-order valence-electron chi connectivity index (χ3n) is 11.3. The highest BCUT2D eigenvalue weighted by atomic mass is 16.6. The Morgan fingerprint density at radius 1 is 0.898 bits per heavy atom. The molecule has 7 rings (SSSR count). The minimum atomic E-state index is -1.01. The zero-order valence-corrected chi connectivity index (χ0v) is 28.6. The van der Waals surface area contributed by atoms with Crippen LogP contribution in [0.2, 0.25) is 0 Å². The van der Waals surface area contributed by atoms with Crippen LogP contribution in [0, 0.1) is 18.8 Å². The molecule has 2 aromatic carbocycles. The molecule has 1 atom stereocenters. The van der Waals surface area contributed by atoms with E-state index >= 15 is 0 Å². The molecule has 3 aromatic rings. The number of fused-ring (bicyclic) bond motifs is 2. The molecule has 3 fully saturated rings. The first kappa shape index (κ1) is 33.2. The molecule has 5 heterocycles. The van der Waals surface area contributed by atoms with Gasteiger partial charge in [0, 0.05) is 50.9 Å². The predicted molar refractivity (Wildman–Crippen MR) is 186 cm³/mol. The molecule has 0 aliphatic carbocycles. The molecule has 0 saturated carbocycles. The Hall–Kier alpha value is -4.32. The molecule has 49 heavy (non-hydrogen) atoms. The normalized spacial score (nSPS) is 20.9. The lowest BCUT2D eigenvalue weighted by Crippen LogP contribution is -2.52. The van der Waals surface area contributed by atoms with Crippen LogP contribution in [-0.2, 0) is 22.4 Å². The van der Waals surface area contributed by atoms with Gasteiger partial charge in [0.25, 0.3) is 5.91 Å². The van der Waals surface area contributed by atoms with Crippen LogP contribution in [0.5, 0.6) is 0 Å². The van der Waals surface area contributed by atoms with E-state index in [1.165, 1.54) is 12.8 Å². The number of amides is 4. The maximum absolute atomic E-state index is 14.1. The maximum Gasteiger partial charge on any atom is 0.417 e. The van der Waals surface area contributed by atoms with Crippen molar-refractivity contribution < 1.29 is 23.5 Å². The molecule has 2 N–H and O–H groups in total. The Labute approximate surface area is 286 Å². The van der Waals surface area contributed by atoms with Crippen LogP contribution in [0.4, 0.5) is 15.3 Å². The number of rotatable bonds is 6. The number of nitrogens with zero attached hydrogens (tertiary/aromatic N) is 4.